The highest BCUT2D eigenvalue weighted by Crippen LogP contribution is 2.16. The molecule has 98 valence electrons. The summed E-state index contributed by atoms with van der Waals surface area (Å²) >= 11 is 0. The SMILES string of the molecule is COc1cccc(CC(=O)C2CC(OC)CN2)c1. The van der Waals surface area contributed by atoms with Crippen LogP contribution in [-0.2, 0) is 16.0 Å². The number of carbonyl (C=O) groups is 1. The zero-order valence-corrected chi connectivity index (χ0v) is 10.8. The summed E-state index contributed by atoms with van der Waals surface area (Å²) < 4.78 is 10.4. The lowest BCUT2D eigenvalue weighted by molar-refractivity contribution is -0.120. The van der Waals surface area contributed by atoms with E-state index in [1.165, 1.54) is 0 Å². The number of hydrogen-bond acceptors (Lipinski definition) is 4. The van der Waals surface area contributed by atoms with E-state index in [4.69, 9.17) is 9.47 Å². The molecule has 1 fully saturated rings. The van der Waals surface area contributed by atoms with E-state index in [0.717, 1.165) is 24.3 Å². The Hall–Kier alpha value is -1.39. The second-order valence-corrected chi connectivity index (χ2v) is 4.55. The van der Waals surface area contributed by atoms with Crippen LogP contribution in [0, 0.1) is 0 Å². The zero-order valence-electron chi connectivity index (χ0n) is 10.8. The lowest BCUT2D eigenvalue weighted by atomic mass is 10.0. The predicted octanol–water partition coefficient (Wildman–Crippen LogP) is 1.18. The fourth-order valence-electron chi connectivity index (χ4n) is 2.23. The monoisotopic (exact) mass is 249 g/mol. The number of benzene rings is 1. The van der Waals surface area contributed by atoms with Gasteiger partial charge in [0.05, 0.1) is 19.3 Å². The lowest BCUT2D eigenvalue weighted by Crippen LogP contribution is -2.31. The summed E-state index contributed by atoms with van der Waals surface area (Å²) in [5, 5.41) is 3.20. The largest absolute Gasteiger partial charge is 0.497 e. The van der Waals surface area contributed by atoms with Crippen LogP contribution in [0.5, 0.6) is 5.75 Å². The third-order valence-electron chi connectivity index (χ3n) is 3.33. The van der Waals surface area contributed by atoms with E-state index >= 15 is 0 Å². The highest BCUT2D eigenvalue weighted by Gasteiger charge is 2.28. The van der Waals surface area contributed by atoms with Crippen LogP contribution in [0.2, 0.25) is 0 Å². The van der Waals surface area contributed by atoms with Crippen LogP contribution in [0.4, 0.5) is 0 Å². The van der Waals surface area contributed by atoms with Crippen LogP contribution in [0.25, 0.3) is 0 Å². The van der Waals surface area contributed by atoms with Crippen LogP contribution in [0.15, 0.2) is 24.3 Å². The van der Waals surface area contributed by atoms with Gasteiger partial charge in [0.1, 0.15) is 5.75 Å². The minimum absolute atomic E-state index is 0.0823. The molecular weight excluding hydrogens is 230 g/mol. The lowest BCUT2D eigenvalue weighted by Gasteiger charge is -2.10. The summed E-state index contributed by atoms with van der Waals surface area (Å²) in [4.78, 5) is 12.1. The maximum atomic E-state index is 12.1. The van der Waals surface area contributed by atoms with Gasteiger partial charge in [0.2, 0.25) is 0 Å². The smallest absolute Gasteiger partial charge is 0.154 e. The summed E-state index contributed by atoms with van der Waals surface area (Å²) in [7, 11) is 3.31. The molecule has 1 aromatic carbocycles. The van der Waals surface area contributed by atoms with E-state index in [2.05, 4.69) is 5.32 Å². The van der Waals surface area contributed by atoms with Crippen molar-refractivity contribution < 1.29 is 14.3 Å². The van der Waals surface area contributed by atoms with Gasteiger partial charge in [-0.25, -0.2) is 0 Å². The summed E-state index contributed by atoms with van der Waals surface area (Å²) in [5.74, 6) is 0.997. The predicted molar refractivity (Wildman–Crippen MR) is 68.9 cm³/mol. The fraction of sp³-hybridized carbons (Fsp3) is 0.500. The van der Waals surface area contributed by atoms with E-state index in [9.17, 15) is 4.79 Å². The Bertz CT molecular complexity index is 419. The molecule has 0 amide bonds. The molecule has 0 spiro atoms. The van der Waals surface area contributed by atoms with Crippen LogP contribution in [0.3, 0.4) is 0 Å². The van der Waals surface area contributed by atoms with Gasteiger partial charge in [-0.2, -0.15) is 0 Å². The van der Waals surface area contributed by atoms with Crippen LogP contribution in [0.1, 0.15) is 12.0 Å². The number of carbonyl (C=O) groups excluding carboxylic acids is 1. The molecule has 18 heavy (non-hydrogen) atoms. The Labute approximate surface area is 107 Å². The van der Waals surface area contributed by atoms with Gasteiger partial charge in [-0.05, 0) is 24.1 Å². The minimum Gasteiger partial charge on any atom is -0.497 e. The summed E-state index contributed by atoms with van der Waals surface area (Å²) in [5.41, 5.74) is 0.988. The van der Waals surface area contributed by atoms with Gasteiger partial charge in [0.15, 0.2) is 5.78 Å². The Morgan fingerprint density at radius 3 is 2.94 bits per heavy atom. The molecule has 1 saturated heterocycles. The van der Waals surface area contributed by atoms with Crippen molar-refractivity contribution in [3.63, 3.8) is 0 Å². The van der Waals surface area contributed by atoms with Crippen molar-refractivity contribution in [1.82, 2.24) is 5.32 Å². The number of rotatable bonds is 5. The second kappa shape index (κ2) is 5.98. The first-order valence-electron chi connectivity index (χ1n) is 6.14. The molecule has 1 aliphatic heterocycles. The first-order valence-corrected chi connectivity index (χ1v) is 6.14. The van der Waals surface area contributed by atoms with Gasteiger partial charge in [0, 0.05) is 20.1 Å². The van der Waals surface area contributed by atoms with E-state index < -0.39 is 0 Å². The molecule has 4 heteroatoms. The molecule has 4 nitrogen and oxygen atoms in total. The van der Waals surface area contributed by atoms with Crippen LogP contribution < -0.4 is 10.1 Å². The molecule has 2 atom stereocenters. The summed E-state index contributed by atoms with van der Waals surface area (Å²) in [6.45, 7) is 0.755. The van der Waals surface area contributed by atoms with E-state index in [-0.39, 0.29) is 17.9 Å². The van der Waals surface area contributed by atoms with Crippen molar-refractivity contribution in [3.8, 4) is 5.75 Å². The standard InChI is InChI=1S/C14H19NO3/c1-17-11-5-3-4-10(6-11)7-14(16)13-8-12(18-2)9-15-13/h3-6,12-13,15H,7-9H2,1-2H3. The molecule has 0 aromatic heterocycles. The normalized spacial score (nSPS) is 23.0. The van der Waals surface area contributed by atoms with Crippen LogP contribution >= 0.6 is 0 Å². The van der Waals surface area contributed by atoms with Gasteiger partial charge in [-0.3, -0.25) is 4.79 Å². The van der Waals surface area contributed by atoms with Gasteiger partial charge < -0.3 is 14.8 Å². The number of hydrogen-bond donors (Lipinski definition) is 1. The highest BCUT2D eigenvalue weighted by molar-refractivity contribution is 5.86. The average molecular weight is 249 g/mol. The molecule has 2 unspecified atom stereocenters. The average Bonchev–Trinajstić information content (AvgIpc) is 2.88. The maximum absolute atomic E-state index is 12.1. The van der Waals surface area contributed by atoms with Crippen molar-refractivity contribution >= 4 is 5.78 Å². The number of nitrogens with one attached hydrogen (secondary N) is 1. The quantitative estimate of drug-likeness (QED) is 0.851. The molecular formula is C14H19NO3. The van der Waals surface area contributed by atoms with Crippen molar-refractivity contribution in [2.24, 2.45) is 0 Å². The van der Waals surface area contributed by atoms with Gasteiger partial charge in [-0.1, -0.05) is 12.1 Å². The minimum atomic E-state index is -0.0823. The zero-order chi connectivity index (χ0) is 13.0. The van der Waals surface area contributed by atoms with Crippen molar-refractivity contribution in [3.05, 3.63) is 29.8 Å². The third-order valence-corrected chi connectivity index (χ3v) is 3.33. The maximum Gasteiger partial charge on any atom is 0.154 e. The number of Topliss-reactive ketones (excluding diaryl/α,β-unsaturated/α-hetero) is 1. The number of methoxy groups -OCH3 is 2. The summed E-state index contributed by atoms with van der Waals surface area (Å²) in [6.07, 6.45) is 1.36. The first-order chi connectivity index (χ1) is 8.72. The van der Waals surface area contributed by atoms with Crippen molar-refractivity contribution in [1.29, 1.82) is 0 Å². The van der Waals surface area contributed by atoms with Gasteiger partial charge in [0.25, 0.3) is 0 Å². The molecule has 0 aliphatic carbocycles. The molecule has 1 aliphatic rings. The second-order valence-electron chi connectivity index (χ2n) is 4.55. The van der Waals surface area contributed by atoms with Crippen molar-refractivity contribution in [2.75, 3.05) is 20.8 Å². The highest BCUT2D eigenvalue weighted by atomic mass is 16.5. The number of ketones is 1. The van der Waals surface area contributed by atoms with E-state index in [1.807, 2.05) is 24.3 Å². The Kier molecular flexibility index (Phi) is 4.33. The number of ether oxygens (including phenoxy) is 2. The molecule has 1 heterocycles. The van der Waals surface area contributed by atoms with E-state index in [1.54, 1.807) is 14.2 Å². The molecule has 0 radical (unpaired) electrons. The first kappa shape index (κ1) is 13.1. The molecule has 0 bridgehead atoms. The van der Waals surface area contributed by atoms with Gasteiger partial charge in [-0.15, -0.1) is 0 Å². The molecule has 0 saturated carbocycles. The summed E-state index contributed by atoms with van der Waals surface area (Å²) in [6, 6.07) is 7.55. The topological polar surface area (TPSA) is 47.6 Å². The third kappa shape index (κ3) is 3.09. The van der Waals surface area contributed by atoms with Crippen LogP contribution in [-0.4, -0.2) is 38.7 Å². The molecule has 2 rings (SSSR count). The van der Waals surface area contributed by atoms with Crippen molar-refractivity contribution in [2.45, 2.75) is 25.0 Å². The molecule has 1 aromatic rings. The Balaban J connectivity index is 1.94. The molecule has 1 N–H and O–H groups in total. The Morgan fingerprint density at radius 1 is 1.44 bits per heavy atom. The van der Waals surface area contributed by atoms with Gasteiger partial charge >= 0.3 is 0 Å². The fourth-order valence-corrected chi connectivity index (χ4v) is 2.23. The van der Waals surface area contributed by atoms with E-state index in [0.29, 0.717) is 6.42 Å². The Morgan fingerprint density at radius 2 is 2.28 bits per heavy atom.